The summed E-state index contributed by atoms with van der Waals surface area (Å²) in [4.78, 5) is 13.5. The molecule has 7 rings (SSSR count). The third kappa shape index (κ3) is 3.62. The van der Waals surface area contributed by atoms with E-state index in [9.17, 15) is 4.79 Å². The summed E-state index contributed by atoms with van der Waals surface area (Å²) in [6.07, 6.45) is 9.12. The second-order valence-electron chi connectivity index (χ2n) is 10.3. The molecule has 2 heterocycles. The third-order valence-corrected chi connectivity index (χ3v) is 8.82. The van der Waals surface area contributed by atoms with E-state index in [4.69, 9.17) is 4.42 Å². The van der Waals surface area contributed by atoms with E-state index in [1.54, 1.807) is 18.0 Å². The number of carbonyl (C=O) groups is 1. The van der Waals surface area contributed by atoms with Crippen molar-refractivity contribution in [2.24, 2.45) is 23.2 Å². The number of carbonyl (C=O) groups excluding carboxylic acids is 1. The number of hydrogen-bond donors (Lipinski definition) is 0. The molecular formula is C26H29N3O2S. The lowest BCUT2D eigenvalue weighted by Crippen LogP contribution is -2.50. The van der Waals surface area contributed by atoms with Gasteiger partial charge < -0.3 is 4.42 Å². The summed E-state index contributed by atoms with van der Waals surface area (Å²) in [5, 5.41) is 9.81. The van der Waals surface area contributed by atoms with Gasteiger partial charge in [-0.3, -0.25) is 9.36 Å². The summed E-state index contributed by atoms with van der Waals surface area (Å²) in [6, 6.07) is 12.2. The molecule has 0 saturated heterocycles. The van der Waals surface area contributed by atoms with Crippen molar-refractivity contribution in [1.82, 2.24) is 14.8 Å². The highest BCUT2D eigenvalue weighted by molar-refractivity contribution is 7.99. The fraction of sp³-hybridized carbons (Fsp3) is 0.500. The lowest BCUT2D eigenvalue weighted by Gasteiger charge is -2.56. The van der Waals surface area contributed by atoms with E-state index < -0.39 is 0 Å². The van der Waals surface area contributed by atoms with Crippen LogP contribution in [0.1, 0.15) is 49.8 Å². The van der Waals surface area contributed by atoms with Crippen LogP contribution in [0.15, 0.2) is 52.2 Å². The second-order valence-corrected chi connectivity index (χ2v) is 11.2. The molecule has 1 aromatic carbocycles. The molecule has 4 bridgehead atoms. The number of nitrogens with zero attached hydrogens (tertiary/aromatic N) is 3. The molecule has 0 amide bonds. The largest absolute Gasteiger partial charge is 0.467 e. The lowest BCUT2D eigenvalue weighted by atomic mass is 9.48. The quantitative estimate of drug-likeness (QED) is 0.430. The van der Waals surface area contributed by atoms with Gasteiger partial charge in [-0.05, 0) is 81.4 Å². The number of aryl methyl sites for hydroxylation is 1. The van der Waals surface area contributed by atoms with Crippen LogP contribution in [-0.4, -0.2) is 26.3 Å². The van der Waals surface area contributed by atoms with Crippen LogP contribution >= 0.6 is 11.8 Å². The average molecular weight is 448 g/mol. The van der Waals surface area contributed by atoms with Gasteiger partial charge in [0.05, 0.1) is 18.6 Å². The molecule has 3 aromatic rings. The molecule has 0 atom stereocenters. The van der Waals surface area contributed by atoms with Gasteiger partial charge in [0.1, 0.15) is 11.5 Å². The number of hydrogen-bond acceptors (Lipinski definition) is 5. The normalized spacial score (nSPS) is 28.3. The van der Waals surface area contributed by atoms with Crippen LogP contribution in [0.3, 0.4) is 0 Å². The molecule has 6 heteroatoms. The van der Waals surface area contributed by atoms with E-state index in [-0.39, 0.29) is 5.41 Å². The smallest absolute Gasteiger partial charge is 0.192 e. The summed E-state index contributed by atoms with van der Waals surface area (Å²) in [5.74, 6) is 4.94. The predicted octanol–water partition coefficient (Wildman–Crippen LogP) is 5.77. The fourth-order valence-corrected chi connectivity index (χ4v) is 7.80. The van der Waals surface area contributed by atoms with Gasteiger partial charge in [-0.2, -0.15) is 0 Å². The van der Waals surface area contributed by atoms with Gasteiger partial charge in [0, 0.05) is 11.0 Å². The van der Waals surface area contributed by atoms with E-state index in [0.29, 0.717) is 18.1 Å². The number of furan rings is 1. The zero-order chi connectivity index (χ0) is 21.7. The molecule has 32 heavy (non-hydrogen) atoms. The highest BCUT2D eigenvalue weighted by Gasteiger charge is 2.54. The van der Waals surface area contributed by atoms with E-state index in [0.717, 1.165) is 59.3 Å². The highest BCUT2D eigenvalue weighted by atomic mass is 32.2. The molecule has 0 spiro atoms. The monoisotopic (exact) mass is 447 g/mol. The van der Waals surface area contributed by atoms with Crippen molar-refractivity contribution in [2.45, 2.75) is 57.1 Å². The first-order chi connectivity index (χ1) is 15.6. The Morgan fingerprint density at radius 2 is 1.84 bits per heavy atom. The van der Waals surface area contributed by atoms with Crippen LogP contribution in [0.5, 0.6) is 0 Å². The van der Waals surface area contributed by atoms with E-state index in [1.165, 1.54) is 24.8 Å². The van der Waals surface area contributed by atoms with Crippen molar-refractivity contribution in [3.8, 4) is 11.4 Å². The second kappa shape index (κ2) is 7.91. The average Bonchev–Trinajstić information content (AvgIpc) is 3.41. The molecule has 4 aliphatic rings. The number of Topliss-reactive ketones (excluding diaryl/α,β-unsaturated/α-hetero) is 1. The van der Waals surface area contributed by atoms with Gasteiger partial charge in [-0.25, -0.2) is 0 Å². The van der Waals surface area contributed by atoms with Crippen LogP contribution in [0.25, 0.3) is 11.4 Å². The minimum Gasteiger partial charge on any atom is -0.467 e. The van der Waals surface area contributed by atoms with Gasteiger partial charge >= 0.3 is 0 Å². The Bertz CT molecular complexity index is 1100. The zero-order valence-electron chi connectivity index (χ0n) is 18.5. The number of aromatic nitrogens is 3. The first-order valence-electron chi connectivity index (χ1n) is 11.8. The van der Waals surface area contributed by atoms with Crippen LogP contribution in [0.2, 0.25) is 0 Å². The SMILES string of the molecule is Cc1cccc(-c2nnc(SCC(=O)C34CC5CC(CC(C5)C3)C4)n2Cc2ccco2)c1. The van der Waals surface area contributed by atoms with Crippen molar-refractivity contribution in [3.63, 3.8) is 0 Å². The molecule has 0 radical (unpaired) electrons. The number of ketones is 1. The third-order valence-electron chi connectivity index (χ3n) is 7.85. The fourth-order valence-electron chi connectivity index (χ4n) is 6.83. The summed E-state index contributed by atoms with van der Waals surface area (Å²) < 4.78 is 7.70. The van der Waals surface area contributed by atoms with Gasteiger partial charge in [0.25, 0.3) is 0 Å². The van der Waals surface area contributed by atoms with Crippen LogP contribution < -0.4 is 0 Å². The van der Waals surface area contributed by atoms with Crippen molar-refractivity contribution in [2.75, 3.05) is 5.75 Å². The summed E-state index contributed by atoms with van der Waals surface area (Å²) in [5.41, 5.74) is 2.15. The molecule has 0 N–H and O–H groups in total. The van der Waals surface area contributed by atoms with Crippen molar-refractivity contribution >= 4 is 17.5 Å². The van der Waals surface area contributed by atoms with Crippen LogP contribution in [-0.2, 0) is 11.3 Å². The first kappa shape index (κ1) is 20.3. The van der Waals surface area contributed by atoms with Crippen LogP contribution in [0, 0.1) is 30.1 Å². The lowest BCUT2D eigenvalue weighted by molar-refractivity contribution is -0.141. The molecule has 166 valence electrons. The molecule has 0 unspecified atom stereocenters. The zero-order valence-corrected chi connectivity index (χ0v) is 19.3. The van der Waals surface area contributed by atoms with Gasteiger partial charge in [-0.1, -0.05) is 35.5 Å². The molecule has 4 fully saturated rings. The first-order valence-corrected chi connectivity index (χ1v) is 12.8. The maximum atomic E-state index is 13.5. The number of benzene rings is 1. The molecular weight excluding hydrogens is 418 g/mol. The Hall–Kier alpha value is -2.34. The number of rotatable bonds is 7. The minimum absolute atomic E-state index is 0.0625. The molecule has 4 saturated carbocycles. The van der Waals surface area contributed by atoms with E-state index >= 15 is 0 Å². The number of thioether (sulfide) groups is 1. The van der Waals surface area contributed by atoms with E-state index in [2.05, 4.69) is 39.9 Å². The van der Waals surface area contributed by atoms with Crippen molar-refractivity contribution in [1.29, 1.82) is 0 Å². The molecule has 2 aromatic heterocycles. The van der Waals surface area contributed by atoms with Gasteiger partial charge in [-0.15, -0.1) is 10.2 Å². The summed E-state index contributed by atoms with van der Waals surface area (Å²) >= 11 is 1.54. The molecule has 4 aliphatic carbocycles. The Morgan fingerprint density at radius 3 is 2.50 bits per heavy atom. The van der Waals surface area contributed by atoms with Gasteiger partial charge in [0.2, 0.25) is 0 Å². The topological polar surface area (TPSA) is 60.9 Å². The highest BCUT2D eigenvalue weighted by Crippen LogP contribution is 2.60. The summed E-state index contributed by atoms with van der Waals surface area (Å²) in [6.45, 7) is 2.63. The predicted molar refractivity (Wildman–Crippen MR) is 124 cm³/mol. The minimum atomic E-state index is -0.0625. The van der Waals surface area contributed by atoms with Crippen LogP contribution in [0.4, 0.5) is 0 Å². The van der Waals surface area contributed by atoms with E-state index in [1.807, 2.05) is 18.2 Å². The maximum absolute atomic E-state index is 13.5. The molecule has 0 aliphatic heterocycles. The Morgan fingerprint density at radius 1 is 1.09 bits per heavy atom. The van der Waals surface area contributed by atoms with Crippen molar-refractivity contribution < 1.29 is 9.21 Å². The Balaban J connectivity index is 1.25. The summed E-state index contributed by atoms with van der Waals surface area (Å²) in [7, 11) is 0. The maximum Gasteiger partial charge on any atom is 0.192 e. The van der Waals surface area contributed by atoms with Crippen molar-refractivity contribution in [3.05, 3.63) is 54.0 Å². The molecule has 5 nitrogen and oxygen atoms in total. The van der Waals surface area contributed by atoms with Gasteiger partial charge in [0.15, 0.2) is 11.0 Å². The standard InChI is InChI=1S/C26H29N3O2S/c1-17-4-2-5-21(8-17)24-27-28-25(29(24)15-22-6-3-7-31-22)32-16-23(30)26-12-18-9-19(13-26)11-20(10-18)14-26/h2-8,18-20H,9-16H2,1H3. The Kier molecular flexibility index (Phi) is 5.01. The Labute approximate surface area is 193 Å².